The highest BCUT2D eigenvalue weighted by molar-refractivity contribution is 7.80. The van der Waals surface area contributed by atoms with Crippen LogP contribution in [0.3, 0.4) is 0 Å². The summed E-state index contributed by atoms with van der Waals surface area (Å²) < 4.78 is 13.1. The van der Waals surface area contributed by atoms with Gasteiger partial charge in [-0.2, -0.15) is 0 Å². The van der Waals surface area contributed by atoms with Crippen molar-refractivity contribution in [2.24, 2.45) is 0 Å². The molecule has 31 heavy (non-hydrogen) atoms. The topological polar surface area (TPSA) is 52.7 Å². The molecule has 0 spiro atoms. The number of anilines is 1. The first-order valence-electron chi connectivity index (χ1n) is 9.96. The van der Waals surface area contributed by atoms with Gasteiger partial charge in [0.25, 0.3) is 5.91 Å². The van der Waals surface area contributed by atoms with Crippen molar-refractivity contribution in [3.05, 3.63) is 63.9 Å². The largest absolute Gasteiger partial charge is 0.336 e. The average Bonchev–Trinajstić information content (AvgIpc) is 3.52. The highest BCUT2D eigenvalue weighted by Crippen LogP contribution is 2.34. The summed E-state index contributed by atoms with van der Waals surface area (Å²) in [6, 6.07) is 10.2. The van der Waals surface area contributed by atoms with Gasteiger partial charge in [-0.05, 0) is 73.4 Å². The summed E-state index contributed by atoms with van der Waals surface area (Å²) in [5.41, 5.74) is 1.36. The Kier molecular flexibility index (Phi) is 6.46. The minimum atomic E-state index is -0.681. The van der Waals surface area contributed by atoms with Crippen LogP contribution in [0.2, 0.25) is 10.0 Å². The van der Waals surface area contributed by atoms with E-state index in [1.54, 1.807) is 17.0 Å². The molecule has 1 saturated heterocycles. The van der Waals surface area contributed by atoms with E-state index >= 15 is 0 Å². The van der Waals surface area contributed by atoms with Crippen LogP contribution in [0.25, 0.3) is 0 Å². The van der Waals surface area contributed by atoms with Crippen molar-refractivity contribution in [2.75, 3.05) is 11.9 Å². The van der Waals surface area contributed by atoms with Crippen molar-refractivity contribution >= 4 is 58.0 Å². The summed E-state index contributed by atoms with van der Waals surface area (Å²) in [7, 11) is 0. The summed E-state index contributed by atoms with van der Waals surface area (Å²) in [4.78, 5) is 29.2. The van der Waals surface area contributed by atoms with Crippen LogP contribution in [0, 0.1) is 5.82 Å². The van der Waals surface area contributed by atoms with Crippen molar-refractivity contribution in [1.82, 2.24) is 9.80 Å². The molecule has 2 aromatic rings. The first-order valence-corrected chi connectivity index (χ1v) is 11.1. The Bertz CT molecular complexity index is 1030. The second-order valence-corrected chi connectivity index (χ2v) is 8.88. The van der Waals surface area contributed by atoms with Gasteiger partial charge >= 0.3 is 0 Å². The zero-order chi connectivity index (χ0) is 22.1. The molecule has 0 aromatic heterocycles. The number of hydrogen-bond donors (Lipinski definition) is 1. The molecule has 0 bridgehead atoms. The lowest BCUT2D eigenvalue weighted by Crippen LogP contribution is -2.39. The summed E-state index contributed by atoms with van der Waals surface area (Å²) in [6.45, 7) is 0.448. The van der Waals surface area contributed by atoms with Gasteiger partial charge in [-0.25, -0.2) is 4.39 Å². The molecule has 1 saturated carbocycles. The maximum absolute atomic E-state index is 13.1. The van der Waals surface area contributed by atoms with Gasteiger partial charge in [0.15, 0.2) is 5.11 Å². The third-order valence-corrected chi connectivity index (χ3v) is 6.42. The van der Waals surface area contributed by atoms with Crippen molar-refractivity contribution in [1.29, 1.82) is 0 Å². The number of amides is 2. The number of carbonyl (C=O) groups excluding carboxylic acids is 2. The summed E-state index contributed by atoms with van der Waals surface area (Å²) in [5.74, 6) is -0.870. The molecule has 0 radical (unpaired) electrons. The minimum absolute atomic E-state index is 0.0477. The van der Waals surface area contributed by atoms with Crippen molar-refractivity contribution in [3.8, 4) is 0 Å². The summed E-state index contributed by atoms with van der Waals surface area (Å²) >= 11 is 17.9. The van der Waals surface area contributed by atoms with Gasteiger partial charge in [0.1, 0.15) is 11.9 Å². The van der Waals surface area contributed by atoms with E-state index < -0.39 is 6.04 Å². The van der Waals surface area contributed by atoms with Crippen LogP contribution in [0.1, 0.15) is 24.8 Å². The fourth-order valence-corrected chi connectivity index (χ4v) is 4.62. The average molecular weight is 480 g/mol. The Balaban J connectivity index is 1.48. The lowest BCUT2D eigenvalue weighted by atomic mass is 10.1. The molecule has 2 aliphatic rings. The Morgan fingerprint density at radius 1 is 1.16 bits per heavy atom. The quantitative estimate of drug-likeness (QED) is 0.586. The van der Waals surface area contributed by atoms with Crippen LogP contribution in [0.15, 0.2) is 42.5 Å². The number of rotatable bonds is 7. The molecule has 2 fully saturated rings. The molecule has 1 aliphatic heterocycles. The number of nitrogens with one attached hydrogen (secondary N) is 1. The number of halogens is 3. The van der Waals surface area contributed by atoms with E-state index in [9.17, 15) is 14.0 Å². The van der Waals surface area contributed by atoms with Gasteiger partial charge in [-0.15, -0.1) is 0 Å². The molecule has 5 nitrogen and oxygen atoms in total. The van der Waals surface area contributed by atoms with Gasteiger partial charge < -0.3 is 10.2 Å². The molecule has 9 heteroatoms. The molecule has 1 atom stereocenters. The Morgan fingerprint density at radius 3 is 2.52 bits per heavy atom. The monoisotopic (exact) mass is 479 g/mol. The highest BCUT2D eigenvalue weighted by Gasteiger charge is 2.48. The van der Waals surface area contributed by atoms with E-state index in [-0.39, 0.29) is 30.1 Å². The first-order chi connectivity index (χ1) is 14.8. The van der Waals surface area contributed by atoms with Crippen LogP contribution < -0.4 is 5.32 Å². The van der Waals surface area contributed by atoms with Gasteiger partial charge in [0.05, 0.1) is 6.42 Å². The number of benzene rings is 2. The van der Waals surface area contributed by atoms with Gasteiger partial charge in [0.2, 0.25) is 5.91 Å². The van der Waals surface area contributed by atoms with Gasteiger partial charge in [-0.1, -0.05) is 29.3 Å². The van der Waals surface area contributed by atoms with Crippen LogP contribution in [-0.4, -0.2) is 45.4 Å². The number of hydrogen-bond acceptors (Lipinski definition) is 3. The Morgan fingerprint density at radius 2 is 1.87 bits per heavy atom. The predicted octanol–water partition coefficient (Wildman–Crippen LogP) is 4.66. The molecule has 4 rings (SSSR count). The highest BCUT2D eigenvalue weighted by atomic mass is 35.5. The maximum Gasteiger partial charge on any atom is 0.252 e. The summed E-state index contributed by atoms with van der Waals surface area (Å²) in [5, 5.41) is 4.28. The molecule has 1 aliphatic carbocycles. The molecular weight excluding hydrogens is 460 g/mol. The number of carbonyl (C=O) groups is 2. The van der Waals surface area contributed by atoms with E-state index in [0.29, 0.717) is 33.8 Å². The smallest absolute Gasteiger partial charge is 0.252 e. The SMILES string of the molecule is O=C(CC1C(=O)N(C2CC2)C(=S)N1CCc1ccc(Cl)cc1Cl)Nc1ccc(F)cc1. The number of thiocarbonyl (C=S) groups is 1. The molecule has 1 heterocycles. The van der Waals surface area contributed by atoms with Gasteiger partial charge in [0, 0.05) is 28.3 Å². The fraction of sp³-hybridized carbons (Fsp3) is 0.318. The predicted molar refractivity (Wildman–Crippen MR) is 123 cm³/mol. The zero-order valence-electron chi connectivity index (χ0n) is 16.5. The van der Waals surface area contributed by atoms with E-state index in [1.807, 2.05) is 11.0 Å². The van der Waals surface area contributed by atoms with E-state index in [4.69, 9.17) is 35.4 Å². The van der Waals surface area contributed by atoms with Crippen LogP contribution in [0.5, 0.6) is 0 Å². The number of nitrogens with zero attached hydrogens (tertiary/aromatic N) is 2. The van der Waals surface area contributed by atoms with Crippen molar-refractivity contribution < 1.29 is 14.0 Å². The lowest BCUT2D eigenvalue weighted by molar-refractivity contribution is -0.131. The Hall–Kier alpha value is -2.22. The van der Waals surface area contributed by atoms with Crippen LogP contribution >= 0.6 is 35.4 Å². The van der Waals surface area contributed by atoms with E-state index in [0.717, 1.165) is 18.4 Å². The van der Waals surface area contributed by atoms with Crippen molar-refractivity contribution in [2.45, 2.75) is 37.8 Å². The fourth-order valence-electron chi connectivity index (χ4n) is 3.66. The minimum Gasteiger partial charge on any atom is -0.336 e. The van der Waals surface area contributed by atoms with E-state index in [1.165, 1.54) is 24.3 Å². The standard InChI is InChI=1S/C22H20Cl2FN3O2S/c23-14-2-1-13(18(24)11-14)9-10-27-19(21(30)28(22(27)31)17-7-8-17)12-20(29)26-16-5-3-15(25)4-6-16/h1-6,11,17,19H,7-10,12H2,(H,26,29). The lowest BCUT2D eigenvalue weighted by Gasteiger charge is -2.24. The molecule has 1 unspecified atom stereocenters. The third kappa shape index (κ3) is 5.00. The first kappa shape index (κ1) is 22.0. The molecule has 1 N–H and O–H groups in total. The van der Waals surface area contributed by atoms with Gasteiger partial charge in [-0.3, -0.25) is 14.5 Å². The van der Waals surface area contributed by atoms with Crippen LogP contribution in [-0.2, 0) is 16.0 Å². The molecule has 162 valence electrons. The maximum atomic E-state index is 13.1. The second-order valence-electron chi connectivity index (χ2n) is 7.68. The normalized spacial score (nSPS) is 18.6. The summed E-state index contributed by atoms with van der Waals surface area (Å²) in [6.07, 6.45) is 2.33. The molecular formula is C22H20Cl2FN3O2S. The van der Waals surface area contributed by atoms with E-state index in [2.05, 4.69) is 5.32 Å². The van der Waals surface area contributed by atoms with Crippen LogP contribution in [0.4, 0.5) is 10.1 Å². The zero-order valence-corrected chi connectivity index (χ0v) is 18.8. The second kappa shape index (κ2) is 9.10. The van der Waals surface area contributed by atoms with Crippen molar-refractivity contribution in [3.63, 3.8) is 0 Å². The molecule has 2 aromatic carbocycles. The third-order valence-electron chi connectivity index (χ3n) is 5.41. The molecule has 2 amide bonds. The Labute approximate surface area is 195 Å².